The maximum atomic E-state index is 11.1. The van der Waals surface area contributed by atoms with Gasteiger partial charge < -0.3 is 5.73 Å². The summed E-state index contributed by atoms with van der Waals surface area (Å²) in [7, 11) is -3.41. The van der Waals surface area contributed by atoms with Crippen molar-refractivity contribution in [3.05, 3.63) is 10.6 Å². The highest BCUT2D eigenvalue weighted by Crippen LogP contribution is 2.21. The molecule has 0 radical (unpaired) electrons. The van der Waals surface area contributed by atoms with Crippen molar-refractivity contribution in [2.24, 2.45) is 10.1 Å². The minimum absolute atomic E-state index is 0.245. The van der Waals surface area contributed by atoms with E-state index >= 15 is 0 Å². The number of sulfonamides is 1. The standard InChI is InChI=1S/C6H10N2O2S2/c1-2-11-4-6-5(7)3-8-12(6,9)10/h3H,2,4,7H2,1H3. The minimum atomic E-state index is -3.41. The first-order chi connectivity index (χ1) is 5.58. The number of nitrogens with zero attached hydrogens (tertiary/aromatic N) is 1. The predicted octanol–water partition coefficient (Wildman–Crippen LogP) is 0.324. The van der Waals surface area contributed by atoms with Crippen molar-refractivity contribution < 1.29 is 8.42 Å². The van der Waals surface area contributed by atoms with Gasteiger partial charge in [0.25, 0.3) is 10.0 Å². The van der Waals surface area contributed by atoms with Crippen LogP contribution in [0.4, 0.5) is 0 Å². The molecule has 68 valence electrons. The Hall–Kier alpha value is -0.490. The van der Waals surface area contributed by atoms with E-state index in [0.717, 1.165) is 5.75 Å². The number of nitrogens with two attached hydrogens (primary N) is 1. The Kier molecular flexibility index (Phi) is 2.79. The molecule has 1 rings (SSSR count). The van der Waals surface area contributed by atoms with E-state index in [-0.39, 0.29) is 10.6 Å². The lowest BCUT2D eigenvalue weighted by Gasteiger charge is -1.99. The summed E-state index contributed by atoms with van der Waals surface area (Å²) in [4.78, 5) is 0.245. The molecule has 0 fully saturated rings. The summed E-state index contributed by atoms with van der Waals surface area (Å²) >= 11 is 1.51. The summed E-state index contributed by atoms with van der Waals surface area (Å²) in [6.07, 6.45) is 1.20. The average Bonchev–Trinajstić information content (AvgIpc) is 2.24. The summed E-state index contributed by atoms with van der Waals surface area (Å²) in [6.45, 7) is 1.96. The van der Waals surface area contributed by atoms with E-state index in [1.807, 2.05) is 6.92 Å². The second-order valence-electron chi connectivity index (χ2n) is 2.23. The zero-order valence-corrected chi connectivity index (χ0v) is 8.28. The van der Waals surface area contributed by atoms with E-state index in [9.17, 15) is 8.42 Å². The second kappa shape index (κ2) is 3.49. The van der Waals surface area contributed by atoms with Gasteiger partial charge >= 0.3 is 0 Å². The molecular weight excluding hydrogens is 196 g/mol. The quantitative estimate of drug-likeness (QED) is 0.722. The van der Waals surface area contributed by atoms with Gasteiger partial charge in [0.1, 0.15) is 4.91 Å². The molecule has 0 amide bonds. The van der Waals surface area contributed by atoms with Crippen LogP contribution < -0.4 is 5.73 Å². The van der Waals surface area contributed by atoms with E-state index in [1.54, 1.807) is 0 Å². The third-order valence-corrected chi connectivity index (χ3v) is 3.87. The Morgan fingerprint density at radius 2 is 2.33 bits per heavy atom. The van der Waals surface area contributed by atoms with Crippen molar-refractivity contribution in [3.63, 3.8) is 0 Å². The fraction of sp³-hybridized carbons (Fsp3) is 0.500. The summed E-state index contributed by atoms with van der Waals surface area (Å²) in [6, 6.07) is 0. The molecule has 0 aromatic carbocycles. The first-order valence-electron chi connectivity index (χ1n) is 3.44. The number of hydrogen-bond acceptors (Lipinski definition) is 4. The Balaban J connectivity index is 2.83. The van der Waals surface area contributed by atoms with Gasteiger partial charge in [-0.3, -0.25) is 0 Å². The van der Waals surface area contributed by atoms with Crippen molar-refractivity contribution >= 4 is 28.0 Å². The topological polar surface area (TPSA) is 72.5 Å². The summed E-state index contributed by atoms with van der Waals surface area (Å²) in [5, 5.41) is 0. The van der Waals surface area contributed by atoms with Crippen LogP contribution in [0.15, 0.2) is 15.0 Å². The molecule has 1 aliphatic heterocycles. The van der Waals surface area contributed by atoms with E-state index in [0.29, 0.717) is 5.75 Å². The van der Waals surface area contributed by atoms with Crippen LogP contribution in [0.3, 0.4) is 0 Å². The molecule has 0 aliphatic carbocycles. The molecule has 0 bridgehead atoms. The van der Waals surface area contributed by atoms with Gasteiger partial charge in [0.05, 0.1) is 11.9 Å². The smallest absolute Gasteiger partial charge is 0.281 e. The number of thioether (sulfide) groups is 1. The first-order valence-corrected chi connectivity index (χ1v) is 6.04. The Bertz CT molecular complexity index is 329. The van der Waals surface area contributed by atoms with Gasteiger partial charge in [-0.2, -0.15) is 24.6 Å². The third-order valence-electron chi connectivity index (χ3n) is 1.40. The molecule has 4 nitrogen and oxygen atoms in total. The zero-order chi connectivity index (χ0) is 9.19. The number of allylic oxidation sites excluding steroid dienone is 1. The Morgan fingerprint density at radius 1 is 1.67 bits per heavy atom. The Morgan fingerprint density at radius 3 is 2.75 bits per heavy atom. The fourth-order valence-corrected chi connectivity index (χ4v) is 2.90. The molecule has 0 atom stereocenters. The van der Waals surface area contributed by atoms with E-state index < -0.39 is 10.0 Å². The van der Waals surface area contributed by atoms with Gasteiger partial charge in [0, 0.05) is 5.75 Å². The normalized spacial score (nSPS) is 20.4. The lowest BCUT2D eigenvalue weighted by Crippen LogP contribution is -2.06. The lowest BCUT2D eigenvalue weighted by molar-refractivity contribution is 0.605. The van der Waals surface area contributed by atoms with Gasteiger partial charge in [-0.05, 0) is 5.75 Å². The lowest BCUT2D eigenvalue weighted by atomic mass is 10.5. The summed E-state index contributed by atoms with van der Waals surface area (Å²) in [5.41, 5.74) is 5.71. The van der Waals surface area contributed by atoms with E-state index in [2.05, 4.69) is 4.40 Å². The van der Waals surface area contributed by atoms with Crippen molar-refractivity contribution in [1.29, 1.82) is 0 Å². The largest absolute Gasteiger partial charge is 0.397 e. The molecule has 0 saturated heterocycles. The van der Waals surface area contributed by atoms with Gasteiger partial charge in [0.15, 0.2) is 0 Å². The molecule has 1 heterocycles. The highest BCUT2D eigenvalue weighted by atomic mass is 32.2. The van der Waals surface area contributed by atoms with E-state index in [4.69, 9.17) is 5.73 Å². The molecule has 0 unspecified atom stereocenters. The zero-order valence-electron chi connectivity index (χ0n) is 6.65. The highest BCUT2D eigenvalue weighted by Gasteiger charge is 2.23. The van der Waals surface area contributed by atoms with Crippen LogP contribution in [0, 0.1) is 0 Å². The molecule has 0 spiro atoms. The van der Waals surface area contributed by atoms with Gasteiger partial charge in [0.2, 0.25) is 0 Å². The molecule has 2 N–H and O–H groups in total. The van der Waals surface area contributed by atoms with Crippen molar-refractivity contribution in [1.82, 2.24) is 0 Å². The van der Waals surface area contributed by atoms with Gasteiger partial charge in [-0.15, -0.1) is 0 Å². The summed E-state index contributed by atoms with van der Waals surface area (Å²) < 4.78 is 25.6. The Labute approximate surface area is 76.0 Å². The fourth-order valence-electron chi connectivity index (χ4n) is 0.763. The maximum Gasteiger partial charge on any atom is 0.281 e. The van der Waals surface area contributed by atoms with Crippen LogP contribution in [0.5, 0.6) is 0 Å². The number of rotatable bonds is 3. The molecule has 0 saturated carbocycles. The first kappa shape index (κ1) is 9.60. The van der Waals surface area contributed by atoms with Crippen molar-refractivity contribution in [2.45, 2.75) is 6.92 Å². The average molecular weight is 206 g/mol. The van der Waals surface area contributed by atoms with Gasteiger partial charge in [-0.25, -0.2) is 0 Å². The minimum Gasteiger partial charge on any atom is -0.397 e. The molecule has 0 aromatic heterocycles. The predicted molar refractivity (Wildman–Crippen MR) is 51.6 cm³/mol. The molecule has 0 aromatic rings. The molecule has 12 heavy (non-hydrogen) atoms. The van der Waals surface area contributed by atoms with Crippen molar-refractivity contribution in [3.8, 4) is 0 Å². The van der Waals surface area contributed by atoms with Crippen LogP contribution in [0.25, 0.3) is 0 Å². The maximum absolute atomic E-state index is 11.1. The van der Waals surface area contributed by atoms with Crippen molar-refractivity contribution in [2.75, 3.05) is 11.5 Å². The highest BCUT2D eigenvalue weighted by molar-refractivity contribution is 8.01. The third kappa shape index (κ3) is 1.81. The molecule has 1 aliphatic rings. The summed E-state index contributed by atoms with van der Waals surface area (Å²) in [5.74, 6) is 1.29. The van der Waals surface area contributed by atoms with E-state index in [1.165, 1.54) is 18.0 Å². The second-order valence-corrected chi connectivity index (χ2v) is 5.15. The molecule has 6 heteroatoms. The molecular formula is C6H10N2O2S2. The van der Waals surface area contributed by atoms with Crippen LogP contribution in [-0.4, -0.2) is 26.1 Å². The van der Waals surface area contributed by atoms with Crippen LogP contribution in [0.2, 0.25) is 0 Å². The van der Waals surface area contributed by atoms with Crippen LogP contribution >= 0.6 is 11.8 Å². The van der Waals surface area contributed by atoms with Crippen LogP contribution in [0.1, 0.15) is 6.92 Å². The van der Waals surface area contributed by atoms with Gasteiger partial charge in [-0.1, -0.05) is 6.92 Å². The van der Waals surface area contributed by atoms with Crippen LogP contribution in [-0.2, 0) is 10.0 Å². The SMILES string of the molecule is CCSCC1=C(N)C=NS1(=O)=O. The monoisotopic (exact) mass is 206 g/mol. The number of hydrogen-bond donors (Lipinski definition) is 1.